The van der Waals surface area contributed by atoms with Crippen LogP contribution in [-0.4, -0.2) is 47.8 Å². The molecule has 8 nitrogen and oxygen atoms in total. The molecule has 358 valence electrons. The van der Waals surface area contributed by atoms with Crippen LogP contribution in [-0.2, 0) is 18.4 Å². The van der Waals surface area contributed by atoms with E-state index in [2.05, 4.69) is 19.2 Å². The standard InChI is InChI=1S/C51H103N2O6P/c1-3-5-7-9-11-13-15-17-18-19-20-21-22-23-24-25-26-27-28-29-30-31-33-35-37-39-41-43-45-51(55)53-49(48-59-60(56,57)58-47-46-52)50(54)44-42-40-38-36-34-32-16-14-12-10-8-6-4-2/h42,44,49-50,54H,3-41,43,45-48,52H2,1-2H3,(H,53,55)(H,56,57)/b44-42+/t49-,50+/m0/s1. The number of hydrogen-bond donors (Lipinski definition) is 4. The van der Waals surface area contributed by atoms with Crippen molar-refractivity contribution >= 4 is 13.7 Å². The quantitative estimate of drug-likeness (QED) is 0.0272. The Morgan fingerprint density at radius 1 is 0.533 bits per heavy atom. The molecule has 0 bridgehead atoms. The highest BCUT2D eigenvalue weighted by atomic mass is 31.2. The van der Waals surface area contributed by atoms with Crippen LogP contribution in [0.25, 0.3) is 0 Å². The summed E-state index contributed by atoms with van der Waals surface area (Å²) in [6, 6.07) is -0.855. The number of rotatable bonds is 50. The lowest BCUT2D eigenvalue weighted by Crippen LogP contribution is -2.45. The van der Waals surface area contributed by atoms with Crippen LogP contribution in [0.15, 0.2) is 12.2 Å². The Kier molecular flexibility index (Phi) is 47.1. The molecule has 0 aromatic rings. The van der Waals surface area contributed by atoms with E-state index in [9.17, 15) is 19.4 Å². The van der Waals surface area contributed by atoms with Gasteiger partial charge in [-0.25, -0.2) is 4.57 Å². The number of phosphoric ester groups is 1. The minimum absolute atomic E-state index is 0.0815. The normalized spacial score (nSPS) is 13.9. The molecule has 1 amide bonds. The van der Waals surface area contributed by atoms with Gasteiger partial charge in [-0.2, -0.15) is 0 Å². The molecule has 0 aromatic heterocycles. The van der Waals surface area contributed by atoms with Crippen molar-refractivity contribution in [2.24, 2.45) is 5.73 Å². The molecule has 0 fully saturated rings. The molecule has 0 rings (SSSR count). The number of nitrogens with one attached hydrogen (secondary N) is 1. The lowest BCUT2D eigenvalue weighted by Gasteiger charge is -2.23. The van der Waals surface area contributed by atoms with Crippen molar-refractivity contribution in [1.29, 1.82) is 0 Å². The van der Waals surface area contributed by atoms with Gasteiger partial charge < -0.3 is 21.1 Å². The number of carbonyl (C=O) groups is 1. The molecule has 9 heteroatoms. The maximum Gasteiger partial charge on any atom is 0.472 e. The van der Waals surface area contributed by atoms with Crippen molar-refractivity contribution in [3.63, 3.8) is 0 Å². The van der Waals surface area contributed by atoms with Crippen molar-refractivity contribution in [2.75, 3.05) is 19.8 Å². The van der Waals surface area contributed by atoms with Crippen LogP contribution < -0.4 is 11.1 Å². The fourth-order valence-electron chi connectivity index (χ4n) is 8.14. The summed E-state index contributed by atoms with van der Waals surface area (Å²) in [6.45, 7) is 4.17. The van der Waals surface area contributed by atoms with Crippen LogP contribution >= 0.6 is 7.82 Å². The second-order valence-corrected chi connectivity index (χ2v) is 19.6. The fraction of sp³-hybridized carbons (Fsp3) is 0.941. The Labute approximate surface area is 373 Å². The Morgan fingerprint density at radius 3 is 1.18 bits per heavy atom. The second kappa shape index (κ2) is 47.7. The summed E-state index contributed by atoms with van der Waals surface area (Å²) < 4.78 is 22.2. The van der Waals surface area contributed by atoms with Gasteiger partial charge in [0.05, 0.1) is 25.4 Å². The molecule has 0 saturated carbocycles. The predicted octanol–water partition coefficient (Wildman–Crippen LogP) is 15.5. The summed E-state index contributed by atoms with van der Waals surface area (Å²) in [7, 11) is -4.34. The zero-order chi connectivity index (χ0) is 43.9. The van der Waals surface area contributed by atoms with Gasteiger partial charge >= 0.3 is 7.82 Å². The maximum absolute atomic E-state index is 12.8. The number of aliphatic hydroxyl groups is 1. The van der Waals surface area contributed by atoms with Gasteiger partial charge in [-0.3, -0.25) is 13.8 Å². The molecule has 60 heavy (non-hydrogen) atoms. The Morgan fingerprint density at radius 2 is 0.850 bits per heavy atom. The highest BCUT2D eigenvalue weighted by molar-refractivity contribution is 7.47. The summed E-state index contributed by atoms with van der Waals surface area (Å²) in [6.07, 6.45) is 55.8. The molecule has 0 spiro atoms. The van der Waals surface area contributed by atoms with E-state index in [1.165, 1.54) is 218 Å². The number of phosphoric acid groups is 1. The van der Waals surface area contributed by atoms with Crippen LogP contribution in [0.3, 0.4) is 0 Å². The van der Waals surface area contributed by atoms with E-state index in [0.717, 1.165) is 38.5 Å². The van der Waals surface area contributed by atoms with Crippen LogP contribution in [0.4, 0.5) is 0 Å². The van der Waals surface area contributed by atoms with E-state index in [1.54, 1.807) is 6.08 Å². The molecule has 3 atom stereocenters. The number of carbonyl (C=O) groups excluding carboxylic acids is 1. The zero-order valence-corrected chi connectivity index (χ0v) is 40.9. The highest BCUT2D eigenvalue weighted by Gasteiger charge is 2.26. The van der Waals surface area contributed by atoms with E-state index >= 15 is 0 Å². The van der Waals surface area contributed by atoms with Crippen LogP contribution in [0.5, 0.6) is 0 Å². The first-order valence-corrected chi connectivity index (χ1v) is 27.8. The van der Waals surface area contributed by atoms with E-state index in [1.807, 2.05) is 6.08 Å². The second-order valence-electron chi connectivity index (χ2n) is 18.1. The molecule has 0 saturated heterocycles. The van der Waals surface area contributed by atoms with Gasteiger partial charge in [0.1, 0.15) is 0 Å². The largest absolute Gasteiger partial charge is 0.472 e. The molecular weight excluding hydrogens is 768 g/mol. The molecule has 0 aliphatic carbocycles. The third-order valence-electron chi connectivity index (χ3n) is 12.1. The molecule has 1 unspecified atom stereocenters. The molecule has 5 N–H and O–H groups in total. The number of allylic oxidation sites excluding steroid dienone is 1. The highest BCUT2D eigenvalue weighted by Crippen LogP contribution is 2.43. The average Bonchev–Trinajstić information content (AvgIpc) is 3.24. The lowest BCUT2D eigenvalue weighted by molar-refractivity contribution is -0.123. The fourth-order valence-corrected chi connectivity index (χ4v) is 8.90. The monoisotopic (exact) mass is 871 g/mol. The van der Waals surface area contributed by atoms with Crippen LogP contribution in [0.1, 0.15) is 277 Å². The number of nitrogens with two attached hydrogens (primary N) is 1. The smallest absolute Gasteiger partial charge is 0.387 e. The summed E-state index contributed by atoms with van der Waals surface area (Å²) in [5.74, 6) is -0.188. The number of aliphatic hydroxyl groups excluding tert-OH is 1. The minimum atomic E-state index is -4.34. The SMILES string of the molecule is CCCCCCCCCCCCC/C=C/[C@@H](O)[C@H](COP(=O)(O)OCCN)NC(=O)CCCCCCCCCCCCCCCCCCCCCCCCCCCCCC. The number of unbranched alkanes of at least 4 members (excludes halogenated alkanes) is 38. The first-order chi connectivity index (χ1) is 29.4. The lowest BCUT2D eigenvalue weighted by atomic mass is 10.0. The first kappa shape index (κ1) is 59.2. The maximum atomic E-state index is 12.8. The van der Waals surface area contributed by atoms with Gasteiger partial charge in [-0.05, 0) is 19.3 Å². The summed E-state index contributed by atoms with van der Waals surface area (Å²) >= 11 is 0. The van der Waals surface area contributed by atoms with Crippen LogP contribution in [0.2, 0.25) is 0 Å². The minimum Gasteiger partial charge on any atom is -0.387 e. The van der Waals surface area contributed by atoms with Crippen molar-refractivity contribution < 1.29 is 28.4 Å². The third-order valence-corrected chi connectivity index (χ3v) is 13.1. The number of hydrogen-bond acceptors (Lipinski definition) is 6. The summed E-state index contributed by atoms with van der Waals surface area (Å²) in [5.41, 5.74) is 5.39. The van der Waals surface area contributed by atoms with Gasteiger partial charge in [0.2, 0.25) is 5.91 Å². The Balaban J connectivity index is 3.90. The van der Waals surface area contributed by atoms with E-state index in [0.29, 0.717) is 6.42 Å². The summed E-state index contributed by atoms with van der Waals surface area (Å²) in [5, 5.41) is 13.7. The van der Waals surface area contributed by atoms with Gasteiger partial charge in [0.15, 0.2) is 0 Å². The Bertz CT molecular complexity index is 953. The third kappa shape index (κ3) is 45.3. The summed E-state index contributed by atoms with van der Waals surface area (Å²) in [4.78, 5) is 22.8. The average molecular weight is 871 g/mol. The van der Waals surface area contributed by atoms with Gasteiger partial charge in [-0.1, -0.05) is 264 Å². The van der Waals surface area contributed by atoms with Crippen LogP contribution in [0, 0.1) is 0 Å². The van der Waals surface area contributed by atoms with Crippen molar-refractivity contribution in [3.05, 3.63) is 12.2 Å². The van der Waals surface area contributed by atoms with Crippen molar-refractivity contribution in [2.45, 2.75) is 289 Å². The zero-order valence-electron chi connectivity index (χ0n) is 40.0. The van der Waals surface area contributed by atoms with E-state index in [4.69, 9.17) is 14.8 Å². The molecule has 0 aliphatic rings. The molecule has 0 aromatic carbocycles. The first-order valence-electron chi connectivity index (χ1n) is 26.3. The van der Waals surface area contributed by atoms with E-state index < -0.39 is 20.0 Å². The molecule has 0 heterocycles. The Hall–Kier alpha value is -0.760. The van der Waals surface area contributed by atoms with Gasteiger partial charge in [-0.15, -0.1) is 0 Å². The van der Waals surface area contributed by atoms with Crippen molar-refractivity contribution in [3.8, 4) is 0 Å². The van der Waals surface area contributed by atoms with Crippen molar-refractivity contribution in [1.82, 2.24) is 5.32 Å². The van der Waals surface area contributed by atoms with Gasteiger partial charge in [0, 0.05) is 13.0 Å². The van der Waals surface area contributed by atoms with Gasteiger partial charge in [0.25, 0.3) is 0 Å². The molecule has 0 radical (unpaired) electrons. The topological polar surface area (TPSA) is 131 Å². The number of amides is 1. The van der Waals surface area contributed by atoms with E-state index in [-0.39, 0.29) is 25.7 Å². The molecular formula is C51H103N2O6P. The molecule has 0 aliphatic heterocycles. The predicted molar refractivity (Wildman–Crippen MR) is 259 cm³/mol.